The van der Waals surface area contributed by atoms with Crippen LogP contribution in [0.3, 0.4) is 0 Å². The minimum Gasteiger partial charge on any atom is -0.0622 e. The van der Waals surface area contributed by atoms with Gasteiger partial charge in [0.05, 0.1) is 0 Å². The minimum absolute atomic E-state index is 0. The van der Waals surface area contributed by atoms with E-state index in [0.717, 1.165) is 19.3 Å². The second-order valence-corrected chi connectivity index (χ2v) is 15.7. The molecule has 1 radical (unpaired) electrons. The molecule has 0 bridgehead atoms. The van der Waals surface area contributed by atoms with Crippen molar-refractivity contribution in [3.63, 3.8) is 0 Å². The Labute approximate surface area is 320 Å². The molecule has 0 spiro atoms. The van der Waals surface area contributed by atoms with Crippen LogP contribution in [0.1, 0.15) is 39.5 Å². The van der Waals surface area contributed by atoms with Crippen LogP contribution in [-0.2, 0) is 28.9 Å². The van der Waals surface area contributed by atoms with Gasteiger partial charge in [-0.1, -0.05) is 209 Å². The zero-order chi connectivity index (χ0) is 35.8. The van der Waals surface area contributed by atoms with Crippen molar-refractivity contribution in [3.05, 3.63) is 189 Å². The smallest absolute Gasteiger partial charge is 0.0622 e. The molecule has 6 aromatic rings. The van der Waals surface area contributed by atoms with Gasteiger partial charge in [-0.05, 0) is 66.4 Å². The molecule has 0 saturated carbocycles. The van der Waals surface area contributed by atoms with Crippen molar-refractivity contribution in [2.24, 2.45) is 5.92 Å². The Morgan fingerprint density at radius 2 is 0.725 bits per heavy atom. The summed E-state index contributed by atoms with van der Waals surface area (Å²) in [7, 11) is -0.892. The van der Waals surface area contributed by atoms with E-state index >= 15 is 0 Å². The predicted octanol–water partition coefficient (Wildman–Crippen LogP) is 7.80. The van der Waals surface area contributed by atoms with Crippen LogP contribution in [0.15, 0.2) is 182 Å². The maximum absolute atomic E-state index is 10.3. The molecule has 0 aliphatic heterocycles. The van der Waals surface area contributed by atoms with Gasteiger partial charge in [-0.25, -0.2) is 0 Å². The number of carbonyl (C=O) groups is 1. The fourth-order valence-corrected chi connectivity index (χ4v) is 9.91. The van der Waals surface area contributed by atoms with Gasteiger partial charge < -0.3 is 9.90 Å². The SMILES string of the molecule is CCCCC(CC)C(=O)[O-].[C-]#[O+].[Ru+].c1ccc(P(c2ccccc2)c2ccccc2)cc1.c1ccc(P(c2ccccc2)c2ccccc2)cc1. The molecule has 0 aliphatic carbocycles. The molecule has 0 aliphatic rings. The third-order valence-corrected chi connectivity index (χ3v) is 12.7. The first kappa shape index (κ1) is 43.2. The Kier molecular flexibility index (Phi) is 21.9. The third-order valence-electron chi connectivity index (χ3n) is 7.82. The molecule has 6 aromatic carbocycles. The Balaban J connectivity index is 0.000000269. The van der Waals surface area contributed by atoms with E-state index in [4.69, 9.17) is 4.65 Å². The van der Waals surface area contributed by atoms with E-state index in [1.165, 1.54) is 31.8 Å². The summed E-state index contributed by atoms with van der Waals surface area (Å²) in [6, 6.07) is 64.7. The monoisotopic (exact) mass is 797 g/mol. The molecule has 0 saturated heterocycles. The summed E-state index contributed by atoms with van der Waals surface area (Å²) in [5, 5.41) is 18.7. The number of unbranched alkanes of at least 4 members (excludes halogenated alkanes) is 1. The number of rotatable bonds is 11. The fraction of sp³-hybridized carbons (Fsp3) is 0.156. The minimum atomic E-state index is -0.893. The number of hydrogen-bond acceptors (Lipinski definition) is 2. The molecule has 261 valence electrons. The summed E-state index contributed by atoms with van der Waals surface area (Å²) >= 11 is 0. The van der Waals surface area contributed by atoms with E-state index in [0.29, 0.717) is 6.42 Å². The second kappa shape index (κ2) is 25.9. The molecule has 6 rings (SSSR count). The first-order valence-electron chi connectivity index (χ1n) is 16.9. The normalized spacial score (nSPS) is 10.5. The van der Waals surface area contributed by atoms with Crippen molar-refractivity contribution in [3.8, 4) is 0 Å². The topological polar surface area (TPSA) is 60.0 Å². The maximum atomic E-state index is 10.3. The van der Waals surface area contributed by atoms with Crippen LogP contribution < -0.4 is 36.9 Å². The summed E-state index contributed by atoms with van der Waals surface area (Å²) < 4.78 is 7.50. The molecule has 1 atom stereocenters. The summed E-state index contributed by atoms with van der Waals surface area (Å²) in [5.41, 5.74) is 0. The molecule has 3 nitrogen and oxygen atoms in total. The quantitative estimate of drug-likeness (QED) is 0.0582. The molecular weight excluding hydrogens is 752 g/mol. The van der Waals surface area contributed by atoms with Crippen LogP contribution in [0.2, 0.25) is 0 Å². The van der Waals surface area contributed by atoms with Gasteiger partial charge in [-0.2, -0.15) is 0 Å². The van der Waals surface area contributed by atoms with Crippen molar-refractivity contribution < 1.29 is 34.0 Å². The molecular formula is C45H45O3P2Ru. The average Bonchev–Trinajstić information content (AvgIpc) is 3.19. The summed E-state index contributed by atoms with van der Waals surface area (Å²) in [6.07, 6.45) is 3.52. The number of carboxylic acids is 1. The Morgan fingerprint density at radius 1 is 0.510 bits per heavy atom. The van der Waals surface area contributed by atoms with Gasteiger partial charge in [0.15, 0.2) is 0 Å². The van der Waals surface area contributed by atoms with Gasteiger partial charge in [0.1, 0.15) is 0 Å². The predicted molar refractivity (Wildman–Crippen MR) is 213 cm³/mol. The van der Waals surface area contributed by atoms with Crippen LogP contribution in [0.4, 0.5) is 0 Å². The Hall–Kier alpha value is -3.99. The van der Waals surface area contributed by atoms with Crippen molar-refractivity contribution in [1.29, 1.82) is 0 Å². The van der Waals surface area contributed by atoms with Crippen molar-refractivity contribution >= 4 is 53.6 Å². The largest absolute Gasteiger partial charge is 1.00 e. The summed E-state index contributed by atoms with van der Waals surface area (Å²) in [5.74, 6) is -1.11. The van der Waals surface area contributed by atoms with E-state index in [1.54, 1.807) is 0 Å². The van der Waals surface area contributed by atoms with E-state index in [2.05, 4.69) is 196 Å². The molecule has 0 fully saturated rings. The molecule has 51 heavy (non-hydrogen) atoms. The first-order valence-corrected chi connectivity index (χ1v) is 19.6. The van der Waals surface area contributed by atoms with Crippen LogP contribution in [0.5, 0.6) is 0 Å². The number of benzene rings is 6. The van der Waals surface area contributed by atoms with Crippen LogP contribution >= 0.6 is 15.8 Å². The van der Waals surface area contributed by atoms with Crippen LogP contribution in [0, 0.1) is 12.6 Å². The van der Waals surface area contributed by atoms with E-state index in [-0.39, 0.29) is 25.4 Å². The zero-order valence-electron chi connectivity index (χ0n) is 29.2. The van der Waals surface area contributed by atoms with Gasteiger partial charge in [0.25, 0.3) is 0 Å². The van der Waals surface area contributed by atoms with Gasteiger partial charge >= 0.3 is 30.8 Å². The van der Waals surface area contributed by atoms with Crippen molar-refractivity contribution in [1.82, 2.24) is 0 Å². The first-order chi connectivity index (χ1) is 24.6. The van der Waals surface area contributed by atoms with E-state index in [9.17, 15) is 9.90 Å². The number of hydrogen-bond donors (Lipinski definition) is 0. The third kappa shape index (κ3) is 14.6. The molecule has 0 heterocycles. The maximum Gasteiger partial charge on any atom is 1.00 e. The number of carbonyl (C=O) groups excluding carboxylic acids is 1. The Bertz CT molecular complexity index is 1450. The Morgan fingerprint density at radius 3 is 0.882 bits per heavy atom. The molecule has 0 N–H and O–H groups in total. The van der Waals surface area contributed by atoms with Crippen molar-refractivity contribution in [2.75, 3.05) is 0 Å². The van der Waals surface area contributed by atoms with Crippen LogP contribution in [0.25, 0.3) is 0 Å². The zero-order valence-corrected chi connectivity index (χ0v) is 32.7. The molecule has 6 heteroatoms. The number of aliphatic carboxylic acids is 1. The van der Waals surface area contributed by atoms with Crippen molar-refractivity contribution in [2.45, 2.75) is 39.5 Å². The van der Waals surface area contributed by atoms with Gasteiger partial charge in [0, 0.05) is 5.97 Å². The second-order valence-electron chi connectivity index (χ2n) is 11.3. The summed E-state index contributed by atoms with van der Waals surface area (Å²) in [6.45, 7) is 8.44. The standard InChI is InChI=1S/2C18H15P.C8H16O2.CO.Ru/c2*1-4-10-16(11-5-1)19(17-12-6-2-7-13-17)18-14-8-3-9-15-18;1-3-5-6-7(4-2)8(9)10;1-2;/h2*1-15H;7H,3-6H2,1-2H3,(H,9,10);;/q;;;;+1/p-1. The molecule has 1 unspecified atom stereocenters. The molecule has 0 amide bonds. The number of carboxylic acid groups (broad SMARTS) is 1. The fourth-order valence-electron chi connectivity index (χ4n) is 5.30. The van der Waals surface area contributed by atoms with E-state index < -0.39 is 21.8 Å². The van der Waals surface area contributed by atoms with E-state index in [1.807, 2.05) is 6.92 Å². The summed E-state index contributed by atoms with van der Waals surface area (Å²) in [4.78, 5) is 10.3. The van der Waals surface area contributed by atoms with Gasteiger partial charge in [-0.15, -0.1) is 0 Å². The van der Waals surface area contributed by atoms with Gasteiger partial charge in [0.2, 0.25) is 0 Å². The van der Waals surface area contributed by atoms with Crippen LogP contribution in [-0.4, -0.2) is 5.97 Å². The average molecular weight is 797 g/mol. The molecule has 0 aromatic heterocycles. The van der Waals surface area contributed by atoms with Gasteiger partial charge in [-0.3, -0.25) is 0 Å².